The van der Waals surface area contributed by atoms with Crippen molar-refractivity contribution in [3.63, 3.8) is 0 Å². The van der Waals surface area contributed by atoms with Crippen molar-refractivity contribution in [2.75, 3.05) is 14.2 Å². The summed E-state index contributed by atoms with van der Waals surface area (Å²) in [6.45, 7) is 0. The lowest BCUT2D eigenvalue weighted by molar-refractivity contribution is 0.339. The minimum atomic E-state index is 0.331. The Morgan fingerprint density at radius 1 is 1.32 bits per heavy atom. The highest BCUT2D eigenvalue weighted by Gasteiger charge is 2.48. The third kappa shape index (κ3) is 2.53. The molecule has 4 heteroatoms. The van der Waals surface area contributed by atoms with Gasteiger partial charge in [0.05, 0.1) is 11.6 Å². The molecule has 1 N–H and O–H groups in total. The van der Waals surface area contributed by atoms with E-state index in [0.29, 0.717) is 12.0 Å². The Balaban J connectivity index is 1.93. The molecule has 0 aliphatic heterocycles. The predicted octanol–water partition coefficient (Wildman–Crippen LogP) is 4.42. The second-order valence-corrected chi connectivity index (χ2v) is 7.05. The van der Waals surface area contributed by atoms with Gasteiger partial charge in [-0.15, -0.1) is 0 Å². The number of hydrogen-bond donors (Lipinski definition) is 1. The van der Waals surface area contributed by atoms with Gasteiger partial charge in [0.2, 0.25) is 0 Å². The highest BCUT2D eigenvalue weighted by Crippen LogP contribution is 2.57. The first-order valence-corrected chi connectivity index (χ1v) is 8.01. The van der Waals surface area contributed by atoms with Gasteiger partial charge in [-0.1, -0.05) is 11.6 Å². The standard InChI is InChI=1S/C15H19BrClNO/c1-18-14(10-4-8-3-9(8)5-10)12-6-11(17)7-13(16)15(12)19-2/h6-10,14,18H,3-5H2,1-2H3. The van der Waals surface area contributed by atoms with Crippen molar-refractivity contribution in [3.8, 4) is 5.75 Å². The third-order valence-electron chi connectivity index (χ3n) is 4.64. The molecule has 0 bridgehead atoms. The maximum absolute atomic E-state index is 6.21. The van der Waals surface area contributed by atoms with Gasteiger partial charge in [-0.25, -0.2) is 0 Å². The fraction of sp³-hybridized carbons (Fsp3) is 0.600. The lowest BCUT2D eigenvalue weighted by Crippen LogP contribution is -2.25. The number of benzene rings is 1. The smallest absolute Gasteiger partial charge is 0.137 e. The Morgan fingerprint density at radius 3 is 2.58 bits per heavy atom. The molecule has 2 aliphatic rings. The van der Waals surface area contributed by atoms with E-state index in [1.54, 1.807) is 7.11 Å². The lowest BCUT2D eigenvalue weighted by atomic mass is 9.88. The molecule has 19 heavy (non-hydrogen) atoms. The van der Waals surface area contributed by atoms with Crippen molar-refractivity contribution in [2.45, 2.75) is 25.3 Å². The summed E-state index contributed by atoms with van der Waals surface area (Å²) in [7, 11) is 3.75. The zero-order chi connectivity index (χ0) is 13.6. The quantitative estimate of drug-likeness (QED) is 0.873. The number of halogens is 2. The topological polar surface area (TPSA) is 21.3 Å². The van der Waals surface area contributed by atoms with Crippen LogP contribution in [0.4, 0.5) is 0 Å². The Hall–Kier alpha value is -0.250. The van der Waals surface area contributed by atoms with Crippen molar-refractivity contribution in [3.05, 3.63) is 27.2 Å². The maximum atomic E-state index is 6.21. The summed E-state index contributed by atoms with van der Waals surface area (Å²) in [4.78, 5) is 0. The van der Waals surface area contributed by atoms with Crippen LogP contribution in [0.25, 0.3) is 0 Å². The Kier molecular flexibility index (Phi) is 3.80. The van der Waals surface area contributed by atoms with E-state index in [-0.39, 0.29) is 0 Å². The van der Waals surface area contributed by atoms with Gasteiger partial charge in [0.25, 0.3) is 0 Å². The van der Waals surface area contributed by atoms with Crippen LogP contribution in [0.3, 0.4) is 0 Å². The van der Waals surface area contributed by atoms with E-state index in [2.05, 4.69) is 21.2 Å². The van der Waals surface area contributed by atoms with Gasteiger partial charge < -0.3 is 10.1 Å². The summed E-state index contributed by atoms with van der Waals surface area (Å²) in [5.41, 5.74) is 1.18. The summed E-state index contributed by atoms with van der Waals surface area (Å²) < 4.78 is 6.50. The lowest BCUT2D eigenvalue weighted by Gasteiger charge is -2.27. The molecule has 1 aromatic rings. The van der Waals surface area contributed by atoms with Gasteiger partial charge >= 0.3 is 0 Å². The minimum absolute atomic E-state index is 0.331. The molecule has 3 unspecified atom stereocenters. The van der Waals surface area contributed by atoms with Gasteiger partial charge in [-0.3, -0.25) is 0 Å². The summed E-state index contributed by atoms with van der Waals surface area (Å²) in [6, 6.07) is 4.26. The molecule has 0 radical (unpaired) electrons. The number of fused-ring (bicyclic) bond motifs is 1. The molecule has 0 spiro atoms. The van der Waals surface area contributed by atoms with Crippen molar-refractivity contribution >= 4 is 27.5 Å². The largest absolute Gasteiger partial charge is 0.495 e. The highest BCUT2D eigenvalue weighted by atomic mass is 79.9. The van der Waals surface area contributed by atoms with E-state index < -0.39 is 0 Å². The van der Waals surface area contributed by atoms with Crippen LogP contribution in [0.5, 0.6) is 5.75 Å². The molecule has 0 heterocycles. The van der Waals surface area contributed by atoms with Crippen LogP contribution in [0, 0.1) is 17.8 Å². The molecule has 3 rings (SSSR count). The SMILES string of the molecule is CNC(c1cc(Cl)cc(Br)c1OC)C1CC2CC2C1. The first kappa shape index (κ1) is 13.7. The van der Waals surface area contributed by atoms with Gasteiger partial charge in [0.15, 0.2) is 0 Å². The molecular weight excluding hydrogens is 326 g/mol. The molecule has 2 fully saturated rings. The van der Waals surface area contributed by atoms with E-state index in [1.165, 1.54) is 24.8 Å². The van der Waals surface area contributed by atoms with Crippen molar-refractivity contribution in [1.82, 2.24) is 5.32 Å². The first-order chi connectivity index (χ1) is 9.13. The number of hydrogen-bond acceptors (Lipinski definition) is 2. The summed E-state index contributed by atoms with van der Waals surface area (Å²) in [5.74, 6) is 3.57. The van der Waals surface area contributed by atoms with E-state index in [4.69, 9.17) is 16.3 Å². The summed E-state index contributed by atoms with van der Waals surface area (Å²) >= 11 is 9.76. The number of rotatable bonds is 4. The molecular formula is C15H19BrClNO. The monoisotopic (exact) mass is 343 g/mol. The highest BCUT2D eigenvalue weighted by molar-refractivity contribution is 9.10. The molecule has 0 aromatic heterocycles. The van der Waals surface area contributed by atoms with Crippen LogP contribution < -0.4 is 10.1 Å². The van der Waals surface area contributed by atoms with Crippen LogP contribution in [0.2, 0.25) is 5.02 Å². The van der Waals surface area contributed by atoms with Gasteiger partial charge in [0.1, 0.15) is 5.75 Å². The molecule has 0 saturated heterocycles. The van der Waals surface area contributed by atoms with Crippen LogP contribution in [-0.4, -0.2) is 14.2 Å². The average Bonchev–Trinajstić information content (AvgIpc) is 2.97. The molecule has 0 amide bonds. The number of ether oxygens (including phenoxy) is 1. The van der Waals surface area contributed by atoms with E-state index in [9.17, 15) is 0 Å². The first-order valence-electron chi connectivity index (χ1n) is 6.84. The van der Waals surface area contributed by atoms with Crippen LogP contribution in [-0.2, 0) is 0 Å². The molecule has 2 aliphatic carbocycles. The van der Waals surface area contributed by atoms with Crippen molar-refractivity contribution in [2.24, 2.45) is 17.8 Å². The average molecular weight is 345 g/mol. The minimum Gasteiger partial charge on any atom is -0.495 e. The van der Waals surface area contributed by atoms with Gasteiger partial charge in [-0.05, 0) is 72.1 Å². The Labute approximate surface area is 128 Å². The predicted molar refractivity (Wildman–Crippen MR) is 81.8 cm³/mol. The zero-order valence-electron chi connectivity index (χ0n) is 11.2. The van der Waals surface area contributed by atoms with Gasteiger partial charge in [0, 0.05) is 16.6 Å². The summed E-state index contributed by atoms with van der Waals surface area (Å²) in [5, 5.41) is 4.23. The normalized spacial score (nSPS) is 30.0. The molecule has 1 aromatic carbocycles. The molecule has 2 nitrogen and oxygen atoms in total. The second-order valence-electron chi connectivity index (χ2n) is 5.76. The zero-order valence-corrected chi connectivity index (χ0v) is 13.6. The Morgan fingerprint density at radius 2 is 2.00 bits per heavy atom. The van der Waals surface area contributed by atoms with Gasteiger partial charge in [-0.2, -0.15) is 0 Å². The number of nitrogens with one attached hydrogen (secondary N) is 1. The van der Waals surface area contributed by atoms with E-state index >= 15 is 0 Å². The second kappa shape index (κ2) is 5.27. The van der Waals surface area contributed by atoms with Crippen LogP contribution in [0.15, 0.2) is 16.6 Å². The van der Waals surface area contributed by atoms with Crippen LogP contribution >= 0.6 is 27.5 Å². The number of methoxy groups -OCH3 is 1. The fourth-order valence-corrected chi connectivity index (χ4v) is 4.70. The molecule has 104 valence electrons. The molecule has 3 atom stereocenters. The fourth-order valence-electron chi connectivity index (χ4n) is 3.71. The summed E-state index contributed by atoms with van der Waals surface area (Å²) in [6.07, 6.45) is 4.12. The van der Waals surface area contributed by atoms with E-state index in [1.807, 2.05) is 19.2 Å². The third-order valence-corrected chi connectivity index (χ3v) is 5.45. The Bertz CT molecular complexity index is 483. The maximum Gasteiger partial charge on any atom is 0.137 e. The molecule has 2 saturated carbocycles. The van der Waals surface area contributed by atoms with E-state index in [0.717, 1.165) is 27.1 Å². The van der Waals surface area contributed by atoms with Crippen molar-refractivity contribution in [1.29, 1.82) is 0 Å². The van der Waals surface area contributed by atoms with Crippen molar-refractivity contribution < 1.29 is 4.74 Å². The van der Waals surface area contributed by atoms with Crippen LogP contribution in [0.1, 0.15) is 30.9 Å².